The van der Waals surface area contributed by atoms with E-state index in [1.54, 1.807) is 0 Å². The highest BCUT2D eigenvalue weighted by atomic mass is 16.1. The molecule has 1 atom stereocenters. The maximum Gasteiger partial charge on any atom is 0.220 e. The number of amides is 1. The van der Waals surface area contributed by atoms with E-state index in [0.717, 1.165) is 31.8 Å². The number of rotatable bonds is 7. The van der Waals surface area contributed by atoms with Crippen LogP contribution in [-0.4, -0.2) is 30.4 Å². The van der Waals surface area contributed by atoms with Gasteiger partial charge in [-0.25, -0.2) is 0 Å². The van der Waals surface area contributed by atoms with Crippen LogP contribution in [0, 0.1) is 11.8 Å². The van der Waals surface area contributed by atoms with Crippen LogP contribution in [0.15, 0.2) is 30.3 Å². The highest BCUT2D eigenvalue weighted by Crippen LogP contribution is 2.27. The van der Waals surface area contributed by atoms with Crippen molar-refractivity contribution in [1.29, 1.82) is 0 Å². The molecule has 0 spiro atoms. The highest BCUT2D eigenvalue weighted by Gasteiger charge is 2.22. The van der Waals surface area contributed by atoms with E-state index >= 15 is 0 Å². The van der Waals surface area contributed by atoms with E-state index in [4.69, 9.17) is 0 Å². The summed E-state index contributed by atoms with van der Waals surface area (Å²) in [6.07, 6.45) is 8.29. The third kappa shape index (κ3) is 5.35. The van der Waals surface area contributed by atoms with Gasteiger partial charge in [-0.3, -0.25) is 9.69 Å². The number of benzene rings is 1. The van der Waals surface area contributed by atoms with Crippen LogP contribution in [0.25, 0.3) is 0 Å². The van der Waals surface area contributed by atoms with Crippen molar-refractivity contribution in [2.24, 2.45) is 11.8 Å². The molecule has 1 saturated heterocycles. The Morgan fingerprint density at radius 1 is 1.09 bits per heavy atom. The Kier molecular flexibility index (Phi) is 6.09. The largest absolute Gasteiger partial charge is 0.356 e. The molecule has 1 aliphatic carbocycles. The number of carbonyl (C=O) groups excluding carboxylic acids is 1. The average molecular weight is 314 g/mol. The smallest absolute Gasteiger partial charge is 0.220 e. The first-order chi connectivity index (χ1) is 11.3. The van der Waals surface area contributed by atoms with Gasteiger partial charge in [0.05, 0.1) is 0 Å². The molecule has 2 fully saturated rings. The molecule has 1 aromatic carbocycles. The van der Waals surface area contributed by atoms with Crippen molar-refractivity contribution in [3.8, 4) is 0 Å². The van der Waals surface area contributed by atoms with Crippen LogP contribution < -0.4 is 5.32 Å². The summed E-state index contributed by atoms with van der Waals surface area (Å²) in [4.78, 5) is 14.5. The van der Waals surface area contributed by atoms with E-state index in [2.05, 4.69) is 40.5 Å². The number of hydrogen-bond acceptors (Lipinski definition) is 2. The number of hydrogen-bond donors (Lipinski definition) is 1. The third-order valence-corrected chi connectivity index (χ3v) is 5.44. The Bertz CT molecular complexity index is 482. The van der Waals surface area contributed by atoms with E-state index in [9.17, 15) is 4.79 Å². The van der Waals surface area contributed by atoms with Gasteiger partial charge in [0.1, 0.15) is 0 Å². The van der Waals surface area contributed by atoms with Crippen LogP contribution in [0.2, 0.25) is 0 Å². The summed E-state index contributed by atoms with van der Waals surface area (Å²) < 4.78 is 0. The van der Waals surface area contributed by atoms with E-state index in [1.165, 1.54) is 50.8 Å². The van der Waals surface area contributed by atoms with E-state index in [1.807, 2.05) is 0 Å². The van der Waals surface area contributed by atoms with Gasteiger partial charge in [-0.15, -0.1) is 0 Å². The Morgan fingerprint density at radius 2 is 1.87 bits per heavy atom. The fourth-order valence-corrected chi connectivity index (χ4v) is 4.10. The van der Waals surface area contributed by atoms with Crippen molar-refractivity contribution >= 4 is 5.91 Å². The van der Waals surface area contributed by atoms with Crippen molar-refractivity contribution in [3.05, 3.63) is 35.9 Å². The molecule has 1 amide bonds. The minimum Gasteiger partial charge on any atom is -0.356 e. The first kappa shape index (κ1) is 16.5. The summed E-state index contributed by atoms with van der Waals surface area (Å²) in [5.41, 5.74) is 1.40. The van der Waals surface area contributed by atoms with Crippen LogP contribution >= 0.6 is 0 Å². The molecule has 23 heavy (non-hydrogen) atoms. The molecule has 126 valence electrons. The van der Waals surface area contributed by atoms with Crippen LogP contribution in [-0.2, 0) is 11.3 Å². The molecule has 1 heterocycles. The molecule has 0 unspecified atom stereocenters. The molecule has 3 heteroatoms. The summed E-state index contributed by atoms with van der Waals surface area (Å²) in [7, 11) is 0. The molecular formula is C20H30N2O. The summed E-state index contributed by atoms with van der Waals surface area (Å²) in [6.45, 7) is 4.28. The van der Waals surface area contributed by atoms with Crippen molar-refractivity contribution in [1.82, 2.24) is 10.2 Å². The highest BCUT2D eigenvalue weighted by molar-refractivity contribution is 5.76. The summed E-state index contributed by atoms with van der Waals surface area (Å²) in [5, 5.41) is 3.14. The predicted octanol–water partition coefficient (Wildman–Crippen LogP) is 3.60. The van der Waals surface area contributed by atoms with Crippen LogP contribution in [0.5, 0.6) is 0 Å². The molecule has 0 radical (unpaired) electrons. The van der Waals surface area contributed by atoms with E-state index in [-0.39, 0.29) is 5.91 Å². The molecule has 1 aromatic rings. The molecule has 0 aromatic heterocycles. The quantitative estimate of drug-likeness (QED) is 0.834. The second kappa shape index (κ2) is 8.49. The van der Waals surface area contributed by atoms with Crippen LogP contribution in [0.3, 0.4) is 0 Å². The molecule has 3 nitrogen and oxygen atoms in total. The van der Waals surface area contributed by atoms with E-state index in [0.29, 0.717) is 5.92 Å². The lowest BCUT2D eigenvalue weighted by molar-refractivity contribution is -0.122. The Balaban J connectivity index is 1.30. The fraction of sp³-hybridized carbons (Fsp3) is 0.650. The first-order valence-electron chi connectivity index (χ1n) is 9.32. The Labute approximate surface area is 140 Å². The lowest BCUT2D eigenvalue weighted by Crippen LogP contribution is -2.28. The summed E-state index contributed by atoms with van der Waals surface area (Å²) in [5.74, 6) is 1.67. The fourth-order valence-electron chi connectivity index (χ4n) is 4.10. The number of nitrogens with one attached hydrogen (secondary N) is 1. The molecule has 3 rings (SSSR count). The van der Waals surface area contributed by atoms with Crippen LogP contribution in [0.4, 0.5) is 0 Å². The van der Waals surface area contributed by atoms with Gasteiger partial charge in [-0.1, -0.05) is 43.2 Å². The molecule has 0 bridgehead atoms. The van der Waals surface area contributed by atoms with Gasteiger partial charge in [0, 0.05) is 26.1 Å². The van der Waals surface area contributed by atoms with Crippen molar-refractivity contribution in [2.75, 3.05) is 19.6 Å². The van der Waals surface area contributed by atoms with Gasteiger partial charge < -0.3 is 5.32 Å². The summed E-state index contributed by atoms with van der Waals surface area (Å²) >= 11 is 0. The number of nitrogens with zero attached hydrogens (tertiary/aromatic N) is 1. The first-order valence-corrected chi connectivity index (χ1v) is 9.32. The van der Waals surface area contributed by atoms with Gasteiger partial charge in [0.15, 0.2) is 0 Å². The van der Waals surface area contributed by atoms with Gasteiger partial charge >= 0.3 is 0 Å². The summed E-state index contributed by atoms with van der Waals surface area (Å²) in [6, 6.07) is 10.7. The van der Waals surface area contributed by atoms with Crippen LogP contribution in [0.1, 0.15) is 50.5 Å². The Morgan fingerprint density at radius 3 is 2.65 bits per heavy atom. The normalized spacial score (nSPS) is 22.5. The maximum absolute atomic E-state index is 12.0. The zero-order valence-electron chi connectivity index (χ0n) is 14.2. The molecule has 2 aliphatic rings. The molecular weight excluding hydrogens is 284 g/mol. The van der Waals surface area contributed by atoms with Gasteiger partial charge in [-0.2, -0.15) is 0 Å². The Hall–Kier alpha value is -1.35. The standard InChI is InChI=1S/C20H30N2O/c23-20(14-17-6-4-5-7-17)21-12-10-19-11-13-22(16-19)15-18-8-2-1-3-9-18/h1-3,8-9,17,19H,4-7,10-16H2,(H,21,23)/t19-/m0/s1. The van der Waals surface area contributed by atoms with Gasteiger partial charge in [0.25, 0.3) is 0 Å². The average Bonchev–Trinajstić information content (AvgIpc) is 3.21. The topological polar surface area (TPSA) is 32.3 Å². The zero-order valence-corrected chi connectivity index (χ0v) is 14.2. The lowest BCUT2D eigenvalue weighted by Gasteiger charge is -2.16. The van der Waals surface area contributed by atoms with Crippen molar-refractivity contribution in [2.45, 2.75) is 51.5 Å². The molecule has 1 N–H and O–H groups in total. The predicted molar refractivity (Wildman–Crippen MR) is 94.0 cm³/mol. The monoisotopic (exact) mass is 314 g/mol. The SMILES string of the molecule is O=C(CC1CCCC1)NCC[C@H]1CCN(Cc2ccccc2)C1. The molecule has 1 aliphatic heterocycles. The van der Waals surface area contributed by atoms with Crippen molar-refractivity contribution < 1.29 is 4.79 Å². The maximum atomic E-state index is 12.0. The molecule has 1 saturated carbocycles. The van der Waals surface area contributed by atoms with Crippen molar-refractivity contribution in [3.63, 3.8) is 0 Å². The minimum atomic E-state index is 0.274. The lowest BCUT2D eigenvalue weighted by atomic mass is 10.0. The second-order valence-electron chi connectivity index (χ2n) is 7.37. The second-order valence-corrected chi connectivity index (χ2v) is 7.37. The number of likely N-dealkylation sites (tertiary alicyclic amines) is 1. The van der Waals surface area contributed by atoms with Gasteiger partial charge in [0.2, 0.25) is 5.91 Å². The number of carbonyl (C=O) groups is 1. The third-order valence-electron chi connectivity index (χ3n) is 5.44. The van der Waals surface area contributed by atoms with E-state index < -0.39 is 0 Å². The van der Waals surface area contributed by atoms with Gasteiger partial charge in [-0.05, 0) is 49.6 Å². The minimum absolute atomic E-state index is 0.274. The zero-order chi connectivity index (χ0) is 15.9.